The SMILES string of the molecule is COCOc1cc2occc2c(CSc2ccccc2)c1C(=O)OCC[Si](C)(C)C. The van der Waals surface area contributed by atoms with Crippen molar-refractivity contribution in [1.29, 1.82) is 0 Å². The number of ether oxygens (including phenoxy) is 3. The van der Waals surface area contributed by atoms with E-state index in [4.69, 9.17) is 18.6 Å². The van der Waals surface area contributed by atoms with Gasteiger partial charge in [-0.15, -0.1) is 11.8 Å². The highest BCUT2D eigenvalue weighted by Gasteiger charge is 2.24. The molecule has 3 rings (SSSR count). The summed E-state index contributed by atoms with van der Waals surface area (Å²) in [4.78, 5) is 14.3. The first-order valence-corrected chi connectivity index (χ1v) is 14.6. The molecule has 5 nitrogen and oxygen atoms in total. The second kappa shape index (κ2) is 10.2. The molecule has 0 bridgehead atoms. The highest BCUT2D eigenvalue weighted by atomic mass is 32.2. The molecule has 160 valence electrons. The van der Waals surface area contributed by atoms with Crippen LogP contribution in [0.5, 0.6) is 5.75 Å². The number of thioether (sulfide) groups is 1. The summed E-state index contributed by atoms with van der Waals surface area (Å²) < 4.78 is 22.1. The molecule has 30 heavy (non-hydrogen) atoms. The summed E-state index contributed by atoms with van der Waals surface area (Å²) in [7, 11) is 0.232. The summed E-state index contributed by atoms with van der Waals surface area (Å²) in [5, 5.41) is 0.889. The zero-order valence-electron chi connectivity index (χ0n) is 17.9. The second-order valence-corrected chi connectivity index (χ2v) is 14.8. The molecule has 0 unspecified atom stereocenters. The standard InChI is InChI=1S/C23H28O5SSi/c1-25-16-28-21-14-20-18(10-11-26-20)19(15-29-17-8-6-5-7-9-17)22(21)23(24)27-12-13-30(2,3)4/h5-11,14H,12-13,15-16H2,1-4H3. The van der Waals surface area contributed by atoms with E-state index in [1.165, 1.54) is 0 Å². The number of carbonyl (C=O) groups is 1. The Bertz CT molecular complexity index is 978. The van der Waals surface area contributed by atoms with Crippen LogP contribution in [0.1, 0.15) is 15.9 Å². The van der Waals surface area contributed by atoms with Crippen LogP contribution in [0.4, 0.5) is 0 Å². The Morgan fingerprint density at radius 1 is 1.13 bits per heavy atom. The fourth-order valence-corrected chi connectivity index (χ4v) is 4.64. The van der Waals surface area contributed by atoms with Crippen LogP contribution in [-0.2, 0) is 15.2 Å². The molecular formula is C23H28O5SSi. The average molecular weight is 445 g/mol. The van der Waals surface area contributed by atoms with Crippen LogP contribution >= 0.6 is 11.8 Å². The maximum absolute atomic E-state index is 13.1. The molecule has 0 saturated heterocycles. The summed E-state index contributed by atoms with van der Waals surface area (Å²) in [6.07, 6.45) is 1.63. The van der Waals surface area contributed by atoms with Crippen molar-refractivity contribution in [3.8, 4) is 5.75 Å². The lowest BCUT2D eigenvalue weighted by molar-refractivity contribution is 0.0437. The fourth-order valence-electron chi connectivity index (χ4n) is 2.96. The van der Waals surface area contributed by atoms with Crippen molar-refractivity contribution in [3.05, 3.63) is 59.9 Å². The lowest BCUT2D eigenvalue weighted by Crippen LogP contribution is -2.23. The van der Waals surface area contributed by atoms with Gasteiger partial charge < -0.3 is 18.6 Å². The number of furan rings is 1. The van der Waals surface area contributed by atoms with Gasteiger partial charge in [-0.1, -0.05) is 37.8 Å². The Morgan fingerprint density at radius 3 is 2.60 bits per heavy atom. The van der Waals surface area contributed by atoms with E-state index in [2.05, 4.69) is 31.8 Å². The zero-order chi connectivity index (χ0) is 21.6. The van der Waals surface area contributed by atoms with Crippen molar-refractivity contribution in [2.24, 2.45) is 0 Å². The first-order chi connectivity index (χ1) is 14.4. The van der Waals surface area contributed by atoms with Crippen molar-refractivity contribution in [2.45, 2.75) is 36.3 Å². The molecule has 0 aliphatic carbocycles. The predicted octanol–water partition coefficient (Wildman–Crippen LogP) is 6.20. The highest BCUT2D eigenvalue weighted by molar-refractivity contribution is 7.98. The van der Waals surface area contributed by atoms with Gasteiger partial charge in [0.15, 0.2) is 6.79 Å². The van der Waals surface area contributed by atoms with E-state index in [0.29, 0.717) is 29.3 Å². The van der Waals surface area contributed by atoms with Crippen LogP contribution in [-0.4, -0.2) is 34.6 Å². The maximum atomic E-state index is 13.1. The van der Waals surface area contributed by atoms with Crippen LogP contribution in [0.25, 0.3) is 11.0 Å². The van der Waals surface area contributed by atoms with Gasteiger partial charge in [0.25, 0.3) is 0 Å². The van der Waals surface area contributed by atoms with Crippen LogP contribution in [0, 0.1) is 0 Å². The monoisotopic (exact) mass is 444 g/mol. The van der Waals surface area contributed by atoms with Crippen molar-refractivity contribution in [2.75, 3.05) is 20.5 Å². The molecule has 3 aromatic rings. The minimum atomic E-state index is -1.31. The summed E-state index contributed by atoms with van der Waals surface area (Å²) in [6.45, 7) is 7.22. The molecule has 2 aromatic carbocycles. The fraction of sp³-hybridized carbons (Fsp3) is 0.348. The van der Waals surface area contributed by atoms with Gasteiger partial charge in [0.1, 0.15) is 16.9 Å². The molecule has 0 spiro atoms. The average Bonchev–Trinajstić information content (AvgIpc) is 3.18. The second-order valence-electron chi connectivity index (χ2n) is 8.16. The molecule has 0 aliphatic heterocycles. The molecule has 0 aliphatic rings. The van der Waals surface area contributed by atoms with Gasteiger partial charge in [0.2, 0.25) is 0 Å². The topological polar surface area (TPSA) is 57.9 Å². The van der Waals surface area contributed by atoms with Crippen molar-refractivity contribution >= 4 is 36.8 Å². The van der Waals surface area contributed by atoms with Gasteiger partial charge in [-0.05, 0) is 29.8 Å². The molecule has 1 aromatic heterocycles. The van der Waals surface area contributed by atoms with Gasteiger partial charge in [0, 0.05) is 37.3 Å². The van der Waals surface area contributed by atoms with Crippen LogP contribution in [0.15, 0.2) is 58.0 Å². The van der Waals surface area contributed by atoms with Crippen molar-refractivity contribution in [3.63, 3.8) is 0 Å². The lowest BCUT2D eigenvalue weighted by atomic mass is 10.0. The van der Waals surface area contributed by atoms with Crippen LogP contribution in [0.2, 0.25) is 25.7 Å². The normalized spacial score (nSPS) is 11.6. The van der Waals surface area contributed by atoms with Gasteiger partial charge >= 0.3 is 5.97 Å². The highest BCUT2D eigenvalue weighted by Crippen LogP contribution is 2.36. The third-order valence-electron chi connectivity index (χ3n) is 4.58. The number of esters is 1. The number of hydrogen-bond acceptors (Lipinski definition) is 6. The third kappa shape index (κ3) is 5.90. The van der Waals surface area contributed by atoms with Crippen LogP contribution < -0.4 is 4.74 Å². The Morgan fingerprint density at radius 2 is 1.90 bits per heavy atom. The maximum Gasteiger partial charge on any atom is 0.342 e. The summed E-state index contributed by atoms with van der Waals surface area (Å²) in [5.41, 5.74) is 1.96. The number of methoxy groups -OCH3 is 1. The molecule has 0 N–H and O–H groups in total. The van der Waals surface area contributed by atoms with Crippen molar-refractivity contribution in [1.82, 2.24) is 0 Å². The van der Waals surface area contributed by atoms with Crippen LogP contribution in [0.3, 0.4) is 0 Å². The van der Waals surface area contributed by atoms with E-state index in [0.717, 1.165) is 21.9 Å². The van der Waals surface area contributed by atoms with E-state index in [1.807, 2.05) is 24.3 Å². The molecule has 0 fully saturated rings. The lowest BCUT2D eigenvalue weighted by Gasteiger charge is -2.18. The minimum Gasteiger partial charge on any atom is -0.467 e. The number of benzene rings is 2. The Balaban J connectivity index is 1.96. The zero-order valence-corrected chi connectivity index (χ0v) is 19.7. The summed E-state index contributed by atoms with van der Waals surface area (Å²) in [6, 6.07) is 14.6. The minimum absolute atomic E-state index is 0.0344. The summed E-state index contributed by atoms with van der Waals surface area (Å²) >= 11 is 1.65. The molecular weight excluding hydrogens is 416 g/mol. The summed E-state index contributed by atoms with van der Waals surface area (Å²) in [5.74, 6) is 0.634. The molecule has 0 amide bonds. The smallest absolute Gasteiger partial charge is 0.342 e. The molecule has 0 saturated carbocycles. The number of rotatable bonds is 10. The largest absolute Gasteiger partial charge is 0.467 e. The molecule has 0 radical (unpaired) electrons. The third-order valence-corrected chi connectivity index (χ3v) is 7.32. The first kappa shape index (κ1) is 22.5. The van der Waals surface area contributed by atoms with Gasteiger partial charge in [-0.25, -0.2) is 4.79 Å². The van der Waals surface area contributed by atoms with Gasteiger partial charge in [0.05, 0.1) is 12.9 Å². The molecule has 0 atom stereocenters. The van der Waals surface area contributed by atoms with E-state index in [9.17, 15) is 4.79 Å². The predicted molar refractivity (Wildman–Crippen MR) is 123 cm³/mol. The van der Waals surface area contributed by atoms with E-state index in [-0.39, 0.29) is 12.8 Å². The van der Waals surface area contributed by atoms with E-state index in [1.54, 1.807) is 31.2 Å². The Hall–Kier alpha value is -2.22. The molecule has 1 heterocycles. The first-order valence-electron chi connectivity index (χ1n) is 9.89. The van der Waals surface area contributed by atoms with E-state index >= 15 is 0 Å². The molecule has 7 heteroatoms. The number of fused-ring (bicyclic) bond motifs is 1. The quantitative estimate of drug-likeness (QED) is 0.160. The number of carbonyl (C=O) groups excluding carboxylic acids is 1. The van der Waals surface area contributed by atoms with Crippen molar-refractivity contribution < 1.29 is 23.4 Å². The van der Waals surface area contributed by atoms with Gasteiger partial charge in [-0.3, -0.25) is 0 Å². The Kier molecular flexibility index (Phi) is 7.63. The van der Waals surface area contributed by atoms with E-state index < -0.39 is 8.07 Å². The Labute approximate surface area is 182 Å². The number of hydrogen-bond donors (Lipinski definition) is 0. The van der Waals surface area contributed by atoms with Gasteiger partial charge in [-0.2, -0.15) is 0 Å².